The van der Waals surface area contributed by atoms with Crippen molar-refractivity contribution >= 4 is 0 Å². The molecule has 0 heterocycles. The fraction of sp³-hybridized carbons (Fsp3) is 0.391. The third kappa shape index (κ3) is 4.66. The van der Waals surface area contributed by atoms with Crippen molar-refractivity contribution in [2.45, 2.75) is 32.6 Å². The summed E-state index contributed by atoms with van der Waals surface area (Å²) in [6.07, 6.45) is 6.94. The van der Waals surface area contributed by atoms with Crippen LogP contribution in [0.3, 0.4) is 0 Å². The third-order valence-electron chi connectivity index (χ3n) is 5.13. The Bertz CT molecular complexity index is 715. The summed E-state index contributed by atoms with van der Waals surface area (Å²) in [5.74, 6) is 2.14. The number of ether oxygens (including phenoxy) is 2. The highest BCUT2D eigenvalue weighted by molar-refractivity contribution is 5.65. The van der Waals surface area contributed by atoms with Crippen molar-refractivity contribution in [2.24, 2.45) is 11.8 Å². The minimum absolute atomic E-state index is 0.294. The van der Waals surface area contributed by atoms with Crippen LogP contribution in [0.1, 0.15) is 32.6 Å². The van der Waals surface area contributed by atoms with Gasteiger partial charge in [0.15, 0.2) is 11.6 Å². The largest absolute Gasteiger partial charge is 0.493 e. The Hall–Kier alpha value is -2.29. The predicted molar refractivity (Wildman–Crippen MR) is 104 cm³/mol. The number of allylic oxidation sites excluding steroid dienone is 1. The molecule has 2 aromatic rings. The molecule has 0 unspecified atom stereocenters. The lowest BCUT2D eigenvalue weighted by Gasteiger charge is -2.26. The maximum absolute atomic E-state index is 14.0. The molecule has 3 rings (SSSR count). The van der Waals surface area contributed by atoms with E-state index in [1.54, 1.807) is 6.07 Å². The highest BCUT2D eigenvalue weighted by atomic mass is 19.1. The Balaban J connectivity index is 1.57. The summed E-state index contributed by atoms with van der Waals surface area (Å²) in [7, 11) is 0. The Morgan fingerprint density at radius 3 is 2.31 bits per heavy atom. The van der Waals surface area contributed by atoms with Crippen LogP contribution in [-0.4, -0.2) is 13.2 Å². The van der Waals surface area contributed by atoms with Crippen LogP contribution in [0.15, 0.2) is 55.1 Å². The Labute approximate surface area is 155 Å². The van der Waals surface area contributed by atoms with Crippen LogP contribution in [0.4, 0.5) is 4.39 Å². The fourth-order valence-electron chi connectivity index (χ4n) is 3.50. The topological polar surface area (TPSA) is 18.5 Å². The molecule has 2 nitrogen and oxygen atoms in total. The average Bonchev–Trinajstić information content (AvgIpc) is 2.69. The summed E-state index contributed by atoms with van der Waals surface area (Å²) in [6, 6.07) is 12.9. The molecule has 0 atom stereocenters. The van der Waals surface area contributed by atoms with E-state index in [1.165, 1.54) is 31.7 Å². The van der Waals surface area contributed by atoms with Crippen molar-refractivity contribution in [1.29, 1.82) is 0 Å². The van der Waals surface area contributed by atoms with Crippen molar-refractivity contribution in [2.75, 3.05) is 13.2 Å². The van der Waals surface area contributed by atoms with Gasteiger partial charge in [0.2, 0.25) is 0 Å². The van der Waals surface area contributed by atoms with Gasteiger partial charge in [-0.25, -0.2) is 4.39 Å². The van der Waals surface area contributed by atoms with Gasteiger partial charge in [0, 0.05) is 0 Å². The number of rotatable bonds is 7. The Morgan fingerprint density at radius 1 is 1.00 bits per heavy atom. The minimum Gasteiger partial charge on any atom is -0.493 e. The van der Waals surface area contributed by atoms with Crippen molar-refractivity contribution in [1.82, 2.24) is 0 Å². The molecule has 26 heavy (non-hydrogen) atoms. The zero-order valence-electron chi connectivity index (χ0n) is 15.4. The molecule has 138 valence electrons. The molecule has 1 aliphatic carbocycles. The van der Waals surface area contributed by atoms with Crippen LogP contribution in [0, 0.1) is 17.7 Å². The zero-order chi connectivity index (χ0) is 18.4. The van der Waals surface area contributed by atoms with Gasteiger partial charge >= 0.3 is 0 Å². The SMILES string of the molecule is C=CC1CCC(COc2ccc(-c3ccc(OCC)c(F)c3)cc2)CC1. The van der Waals surface area contributed by atoms with E-state index < -0.39 is 0 Å². The molecular formula is C23H27FO2. The normalized spacial score (nSPS) is 19.8. The van der Waals surface area contributed by atoms with E-state index in [9.17, 15) is 4.39 Å². The first-order valence-corrected chi connectivity index (χ1v) is 9.47. The van der Waals surface area contributed by atoms with Gasteiger partial charge in [-0.1, -0.05) is 24.3 Å². The standard InChI is InChI=1S/C23H27FO2/c1-3-17-5-7-18(8-6-17)16-26-21-12-9-19(10-13-21)20-11-14-23(25-4-2)22(24)15-20/h3,9-15,17-18H,1,4-8,16H2,2H3. The monoisotopic (exact) mass is 354 g/mol. The molecule has 0 N–H and O–H groups in total. The van der Waals surface area contributed by atoms with E-state index in [0.717, 1.165) is 23.5 Å². The van der Waals surface area contributed by atoms with E-state index in [0.29, 0.717) is 24.2 Å². The maximum atomic E-state index is 14.0. The van der Waals surface area contributed by atoms with Crippen molar-refractivity contribution in [3.63, 3.8) is 0 Å². The number of benzene rings is 2. The van der Waals surface area contributed by atoms with E-state index in [-0.39, 0.29) is 5.82 Å². The molecule has 1 saturated carbocycles. The van der Waals surface area contributed by atoms with Crippen LogP contribution in [0.2, 0.25) is 0 Å². The molecule has 0 aromatic heterocycles. The molecule has 0 radical (unpaired) electrons. The second-order valence-corrected chi connectivity index (χ2v) is 6.93. The Morgan fingerprint density at radius 2 is 1.69 bits per heavy atom. The lowest BCUT2D eigenvalue weighted by atomic mass is 9.82. The zero-order valence-corrected chi connectivity index (χ0v) is 15.4. The third-order valence-corrected chi connectivity index (χ3v) is 5.13. The molecule has 0 spiro atoms. The maximum Gasteiger partial charge on any atom is 0.165 e. The first-order valence-electron chi connectivity index (χ1n) is 9.47. The molecule has 1 aliphatic rings. The van der Waals surface area contributed by atoms with Crippen molar-refractivity contribution < 1.29 is 13.9 Å². The number of hydrogen-bond acceptors (Lipinski definition) is 2. The highest BCUT2D eigenvalue weighted by Gasteiger charge is 2.19. The highest BCUT2D eigenvalue weighted by Crippen LogP contribution is 2.31. The van der Waals surface area contributed by atoms with Gasteiger partial charge in [-0.2, -0.15) is 0 Å². The molecule has 2 aromatic carbocycles. The van der Waals surface area contributed by atoms with E-state index in [2.05, 4.69) is 12.7 Å². The predicted octanol–water partition coefficient (Wildman–Crippen LogP) is 6.26. The summed E-state index contributed by atoms with van der Waals surface area (Å²) >= 11 is 0. The van der Waals surface area contributed by atoms with Gasteiger partial charge in [0.05, 0.1) is 13.2 Å². The lowest BCUT2D eigenvalue weighted by Crippen LogP contribution is -2.19. The summed E-state index contributed by atoms with van der Waals surface area (Å²) in [4.78, 5) is 0. The fourth-order valence-corrected chi connectivity index (χ4v) is 3.50. The molecule has 0 aliphatic heterocycles. The molecule has 0 amide bonds. The van der Waals surface area contributed by atoms with Crippen LogP contribution >= 0.6 is 0 Å². The van der Waals surface area contributed by atoms with Gasteiger partial charge < -0.3 is 9.47 Å². The van der Waals surface area contributed by atoms with Crippen LogP contribution in [0.25, 0.3) is 11.1 Å². The van der Waals surface area contributed by atoms with Gasteiger partial charge in [0.1, 0.15) is 5.75 Å². The van der Waals surface area contributed by atoms with Crippen LogP contribution < -0.4 is 9.47 Å². The molecule has 0 bridgehead atoms. The quantitative estimate of drug-likeness (QED) is 0.546. The summed E-state index contributed by atoms with van der Waals surface area (Å²) < 4.78 is 25.2. The minimum atomic E-state index is -0.334. The molecule has 3 heteroatoms. The second kappa shape index (κ2) is 8.88. The van der Waals surface area contributed by atoms with Crippen LogP contribution in [0.5, 0.6) is 11.5 Å². The number of halogens is 1. The second-order valence-electron chi connectivity index (χ2n) is 6.93. The Kier molecular flexibility index (Phi) is 6.32. The lowest BCUT2D eigenvalue weighted by molar-refractivity contribution is 0.195. The van der Waals surface area contributed by atoms with E-state index >= 15 is 0 Å². The van der Waals surface area contributed by atoms with Crippen molar-refractivity contribution in [3.05, 3.63) is 60.9 Å². The first kappa shape index (κ1) is 18.5. The van der Waals surface area contributed by atoms with Crippen LogP contribution in [-0.2, 0) is 0 Å². The first-order chi connectivity index (χ1) is 12.7. The molecular weight excluding hydrogens is 327 g/mol. The average molecular weight is 354 g/mol. The smallest absolute Gasteiger partial charge is 0.165 e. The van der Waals surface area contributed by atoms with Gasteiger partial charge in [-0.3, -0.25) is 0 Å². The molecule has 1 fully saturated rings. The molecule has 0 saturated heterocycles. The van der Waals surface area contributed by atoms with E-state index in [1.807, 2.05) is 37.3 Å². The summed E-state index contributed by atoms with van der Waals surface area (Å²) in [5, 5.41) is 0. The van der Waals surface area contributed by atoms with Crippen molar-refractivity contribution in [3.8, 4) is 22.6 Å². The summed E-state index contributed by atoms with van der Waals surface area (Å²) in [5.41, 5.74) is 1.80. The van der Waals surface area contributed by atoms with Gasteiger partial charge in [0.25, 0.3) is 0 Å². The van der Waals surface area contributed by atoms with Gasteiger partial charge in [-0.15, -0.1) is 6.58 Å². The number of hydrogen-bond donors (Lipinski definition) is 0. The summed E-state index contributed by atoms with van der Waals surface area (Å²) in [6.45, 7) is 6.96. The van der Waals surface area contributed by atoms with E-state index in [4.69, 9.17) is 9.47 Å². The van der Waals surface area contributed by atoms with Gasteiger partial charge in [-0.05, 0) is 79.8 Å².